The topological polar surface area (TPSA) is 92.0 Å². The monoisotopic (exact) mass is 495 g/mol. The quantitative estimate of drug-likeness (QED) is 0.343. The molecule has 0 aliphatic heterocycles. The maximum absolute atomic E-state index is 12.1. The molecule has 0 aliphatic carbocycles. The van der Waals surface area contributed by atoms with Crippen molar-refractivity contribution in [3.63, 3.8) is 0 Å². The summed E-state index contributed by atoms with van der Waals surface area (Å²) in [6.45, 7) is 16.0. The number of ether oxygens (including phenoxy) is 1. The maximum atomic E-state index is 12.1. The summed E-state index contributed by atoms with van der Waals surface area (Å²) >= 11 is 0. The lowest BCUT2D eigenvalue weighted by molar-refractivity contribution is 0.0264. The van der Waals surface area contributed by atoms with E-state index in [0.717, 1.165) is 18.0 Å². The van der Waals surface area contributed by atoms with Gasteiger partial charge < -0.3 is 24.7 Å². The Kier molecular flexibility index (Phi) is 11.4. The molecule has 1 heterocycles. The highest BCUT2D eigenvalue weighted by molar-refractivity contribution is 14.0. The fourth-order valence-corrected chi connectivity index (χ4v) is 2.11. The van der Waals surface area contributed by atoms with Crippen LogP contribution in [0.5, 0.6) is 0 Å². The molecule has 27 heavy (non-hydrogen) atoms. The third-order valence-corrected chi connectivity index (χ3v) is 3.50. The molecule has 2 N–H and O–H groups in total. The van der Waals surface area contributed by atoms with E-state index in [1.807, 2.05) is 48.5 Å². The highest BCUT2D eigenvalue weighted by atomic mass is 127. The number of aromatic nitrogens is 1. The molecule has 0 saturated carbocycles. The Morgan fingerprint density at radius 2 is 1.93 bits per heavy atom. The van der Waals surface area contributed by atoms with Crippen molar-refractivity contribution in [1.29, 1.82) is 0 Å². The van der Waals surface area contributed by atoms with Crippen LogP contribution < -0.4 is 10.6 Å². The second-order valence-corrected chi connectivity index (χ2v) is 6.93. The Morgan fingerprint density at radius 3 is 2.41 bits per heavy atom. The van der Waals surface area contributed by atoms with Gasteiger partial charge in [-0.3, -0.25) is 0 Å². The Labute approximate surface area is 179 Å². The Morgan fingerprint density at radius 1 is 1.26 bits per heavy atom. The van der Waals surface area contributed by atoms with Crippen LogP contribution in [0.25, 0.3) is 0 Å². The van der Waals surface area contributed by atoms with E-state index in [1.165, 1.54) is 0 Å². The van der Waals surface area contributed by atoms with E-state index in [2.05, 4.69) is 20.6 Å². The smallest absolute Gasteiger partial charge is 0.410 e. The first-order valence-corrected chi connectivity index (χ1v) is 9.09. The molecule has 0 unspecified atom stereocenters. The molecule has 1 aromatic heterocycles. The second-order valence-electron chi connectivity index (χ2n) is 6.93. The van der Waals surface area contributed by atoms with Gasteiger partial charge in [0.2, 0.25) is 5.89 Å². The summed E-state index contributed by atoms with van der Waals surface area (Å²) in [5, 5.41) is 6.38. The molecule has 1 amide bonds. The Hall–Kier alpha value is -1.52. The van der Waals surface area contributed by atoms with Gasteiger partial charge in [0, 0.05) is 26.2 Å². The van der Waals surface area contributed by atoms with Crippen LogP contribution in [-0.4, -0.2) is 53.7 Å². The first-order valence-electron chi connectivity index (χ1n) is 9.09. The molecule has 0 aromatic carbocycles. The molecule has 0 saturated heterocycles. The van der Waals surface area contributed by atoms with Crippen LogP contribution in [0.15, 0.2) is 9.41 Å². The standard InChI is InChI=1S/C18H33N5O3.HI/c1-8-19-16(21-12-15-22-13(3)14(4)25-15)20-10-11-23(9-2)17(24)26-18(5,6)7;/h8-12H2,1-7H3,(H2,19,20,21);1H. The van der Waals surface area contributed by atoms with E-state index in [9.17, 15) is 4.79 Å². The molecule has 0 bridgehead atoms. The molecular formula is C18H34IN5O3. The number of rotatable bonds is 7. The van der Waals surface area contributed by atoms with E-state index >= 15 is 0 Å². The predicted molar refractivity (Wildman–Crippen MR) is 118 cm³/mol. The zero-order valence-corrected chi connectivity index (χ0v) is 19.8. The number of carbonyl (C=O) groups is 1. The van der Waals surface area contributed by atoms with Crippen LogP contribution in [0.3, 0.4) is 0 Å². The number of aryl methyl sites for hydroxylation is 2. The number of aliphatic imine (C=N–C) groups is 1. The first-order chi connectivity index (χ1) is 12.2. The fourth-order valence-electron chi connectivity index (χ4n) is 2.11. The van der Waals surface area contributed by atoms with Gasteiger partial charge in [0.05, 0.1) is 5.69 Å². The minimum atomic E-state index is -0.499. The number of hydrogen-bond donors (Lipinski definition) is 2. The van der Waals surface area contributed by atoms with Gasteiger partial charge in [0.25, 0.3) is 0 Å². The molecule has 0 atom stereocenters. The Balaban J connectivity index is 0.00000676. The van der Waals surface area contributed by atoms with E-state index < -0.39 is 5.60 Å². The number of nitrogens with one attached hydrogen (secondary N) is 2. The van der Waals surface area contributed by atoms with Crippen molar-refractivity contribution >= 4 is 36.0 Å². The summed E-state index contributed by atoms with van der Waals surface area (Å²) in [5.74, 6) is 2.05. The molecule has 156 valence electrons. The summed E-state index contributed by atoms with van der Waals surface area (Å²) in [6, 6.07) is 0. The van der Waals surface area contributed by atoms with E-state index in [4.69, 9.17) is 9.15 Å². The number of amides is 1. The molecule has 0 radical (unpaired) electrons. The number of guanidine groups is 1. The summed E-state index contributed by atoms with van der Waals surface area (Å²) < 4.78 is 10.9. The van der Waals surface area contributed by atoms with Crippen LogP contribution >= 0.6 is 24.0 Å². The highest BCUT2D eigenvalue weighted by Crippen LogP contribution is 2.10. The number of halogens is 1. The summed E-state index contributed by atoms with van der Waals surface area (Å²) in [4.78, 5) is 22.6. The number of hydrogen-bond acceptors (Lipinski definition) is 5. The number of nitrogens with zero attached hydrogens (tertiary/aromatic N) is 3. The average Bonchev–Trinajstić information content (AvgIpc) is 2.85. The lowest BCUT2D eigenvalue weighted by atomic mass is 10.2. The number of oxazole rings is 1. The molecule has 0 aliphatic rings. The Bertz CT molecular complexity index is 591. The van der Waals surface area contributed by atoms with Gasteiger partial charge in [-0.2, -0.15) is 0 Å². The zero-order valence-electron chi connectivity index (χ0n) is 17.5. The first kappa shape index (κ1) is 25.5. The average molecular weight is 495 g/mol. The van der Waals surface area contributed by atoms with Crippen molar-refractivity contribution < 1.29 is 13.9 Å². The lowest BCUT2D eigenvalue weighted by Gasteiger charge is -2.26. The van der Waals surface area contributed by atoms with Crippen LogP contribution in [0.2, 0.25) is 0 Å². The van der Waals surface area contributed by atoms with E-state index in [0.29, 0.717) is 38.0 Å². The van der Waals surface area contributed by atoms with Crippen molar-refractivity contribution in [3.05, 3.63) is 17.3 Å². The van der Waals surface area contributed by atoms with Crippen molar-refractivity contribution in [1.82, 2.24) is 20.5 Å². The lowest BCUT2D eigenvalue weighted by Crippen LogP contribution is -2.44. The summed E-state index contributed by atoms with van der Waals surface area (Å²) in [6.07, 6.45) is -0.311. The van der Waals surface area contributed by atoms with Gasteiger partial charge in [-0.15, -0.1) is 24.0 Å². The largest absolute Gasteiger partial charge is 0.444 e. The van der Waals surface area contributed by atoms with Gasteiger partial charge in [-0.05, 0) is 48.5 Å². The molecular weight excluding hydrogens is 461 g/mol. The van der Waals surface area contributed by atoms with Gasteiger partial charge in [0.1, 0.15) is 17.9 Å². The van der Waals surface area contributed by atoms with Gasteiger partial charge in [-0.1, -0.05) is 0 Å². The van der Waals surface area contributed by atoms with Crippen molar-refractivity contribution in [2.45, 2.75) is 60.6 Å². The van der Waals surface area contributed by atoms with Crippen LogP contribution in [0.1, 0.15) is 52.0 Å². The SMILES string of the molecule is CCNC(=NCc1nc(C)c(C)o1)NCCN(CC)C(=O)OC(C)(C)C.I. The molecule has 1 rings (SSSR count). The molecule has 0 fully saturated rings. The number of likely N-dealkylation sites (N-methyl/N-ethyl adjacent to an activating group) is 1. The normalized spacial score (nSPS) is 11.6. The third kappa shape index (κ3) is 9.83. The van der Waals surface area contributed by atoms with Crippen LogP contribution in [-0.2, 0) is 11.3 Å². The second kappa shape index (κ2) is 12.0. The summed E-state index contributed by atoms with van der Waals surface area (Å²) in [7, 11) is 0. The van der Waals surface area contributed by atoms with E-state index in [1.54, 1.807) is 4.90 Å². The van der Waals surface area contributed by atoms with Gasteiger partial charge in [0.15, 0.2) is 5.96 Å². The highest BCUT2D eigenvalue weighted by Gasteiger charge is 2.20. The van der Waals surface area contributed by atoms with Gasteiger partial charge in [-0.25, -0.2) is 14.8 Å². The summed E-state index contributed by atoms with van der Waals surface area (Å²) in [5.41, 5.74) is 0.379. The molecule has 0 spiro atoms. The molecule has 8 nitrogen and oxygen atoms in total. The predicted octanol–water partition coefficient (Wildman–Crippen LogP) is 3.22. The third-order valence-electron chi connectivity index (χ3n) is 3.50. The number of carbonyl (C=O) groups excluding carboxylic acids is 1. The van der Waals surface area contributed by atoms with Crippen molar-refractivity contribution in [2.24, 2.45) is 4.99 Å². The molecule has 9 heteroatoms. The van der Waals surface area contributed by atoms with E-state index in [-0.39, 0.29) is 30.1 Å². The maximum Gasteiger partial charge on any atom is 0.410 e. The van der Waals surface area contributed by atoms with Crippen LogP contribution in [0.4, 0.5) is 4.79 Å². The van der Waals surface area contributed by atoms with Crippen molar-refractivity contribution in [3.8, 4) is 0 Å². The van der Waals surface area contributed by atoms with Gasteiger partial charge >= 0.3 is 6.09 Å². The fraction of sp³-hybridized carbons (Fsp3) is 0.722. The van der Waals surface area contributed by atoms with Crippen molar-refractivity contribution in [2.75, 3.05) is 26.2 Å². The van der Waals surface area contributed by atoms with Crippen LogP contribution in [0, 0.1) is 13.8 Å². The minimum absolute atomic E-state index is 0. The molecule has 1 aromatic rings. The minimum Gasteiger partial charge on any atom is -0.444 e. The zero-order chi connectivity index (χ0) is 19.7.